The number of hydrogen-bond donors (Lipinski definition) is 1. The Morgan fingerprint density at radius 3 is 2.30 bits per heavy atom. The molecule has 1 aliphatic heterocycles. The van der Waals surface area contributed by atoms with Gasteiger partial charge in [0.25, 0.3) is 5.91 Å². The van der Waals surface area contributed by atoms with Gasteiger partial charge in [-0.1, -0.05) is 59.7 Å². The van der Waals surface area contributed by atoms with Gasteiger partial charge in [-0.3, -0.25) is 9.48 Å². The van der Waals surface area contributed by atoms with Crippen LogP contribution in [0, 0.1) is 13.8 Å². The first-order valence-electron chi connectivity index (χ1n) is 10.0. The van der Waals surface area contributed by atoms with Crippen LogP contribution in [0.5, 0.6) is 0 Å². The molecule has 0 aliphatic carbocycles. The van der Waals surface area contributed by atoms with E-state index in [0.29, 0.717) is 18.7 Å². The minimum Gasteiger partial charge on any atom is -0.347 e. The molecule has 156 valence electrons. The molecule has 1 fully saturated rings. The normalized spacial score (nSPS) is 17.7. The first-order valence-corrected chi connectivity index (χ1v) is 11.8. The summed E-state index contributed by atoms with van der Waals surface area (Å²) in [6, 6.07) is 17.4. The van der Waals surface area contributed by atoms with Crippen molar-refractivity contribution in [3.63, 3.8) is 0 Å². The van der Waals surface area contributed by atoms with E-state index in [2.05, 4.69) is 10.4 Å². The van der Waals surface area contributed by atoms with Gasteiger partial charge in [-0.25, -0.2) is 8.42 Å². The van der Waals surface area contributed by atoms with E-state index in [1.807, 2.05) is 62.4 Å². The molecular weight excluding hydrogens is 398 g/mol. The summed E-state index contributed by atoms with van der Waals surface area (Å²) >= 11 is 0. The summed E-state index contributed by atoms with van der Waals surface area (Å²) in [5.41, 5.74) is 5.27. The number of nitrogens with zero attached hydrogens (tertiary/aromatic N) is 2. The lowest BCUT2D eigenvalue weighted by molar-refractivity contribution is 0.0945. The maximum absolute atomic E-state index is 12.8. The maximum atomic E-state index is 12.8. The standard InChI is InChI=1S/C23H25N3O3S/c1-16-3-7-18(8-4-16)14-24-23(27)21-13-22(19-9-5-17(2)6-10-19)26(25-21)20-11-12-30(28,29)15-20/h3-10,13,20H,11-12,14-15H2,1-2H3,(H,24,27)/t20-/m1/s1. The fraction of sp³-hybridized carbons (Fsp3) is 0.304. The van der Waals surface area contributed by atoms with Crippen molar-refractivity contribution in [2.24, 2.45) is 0 Å². The molecule has 4 rings (SSSR count). The van der Waals surface area contributed by atoms with Crippen LogP contribution in [0.25, 0.3) is 11.3 Å². The number of aryl methyl sites for hydroxylation is 2. The van der Waals surface area contributed by atoms with E-state index in [9.17, 15) is 13.2 Å². The molecule has 1 aliphatic rings. The van der Waals surface area contributed by atoms with E-state index in [4.69, 9.17) is 0 Å². The number of carbonyl (C=O) groups excluding carboxylic acids is 1. The molecule has 0 spiro atoms. The van der Waals surface area contributed by atoms with Crippen molar-refractivity contribution in [2.45, 2.75) is 32.9 Å². The largest absolute Gasteiger partial charge is 0.347 e. The van der Waals surface area contributed by atoms with Gasteiger partial charge in [-0.05, 0) is 37.5 Å². The van der Waals surface area contributed by atoms with Crippen molar-refractivity contribution in [1.29, 1.82) is 0 Å². The van der Waals surface area contributed by atoms with Crippen molar-refractivity contribution in [1.82, 2.24) is 15.1 Å². The van der Waals surface area contributed by atoms with E-state index >= 15 is 0 Å². The van der Waals surface area contributed by atoms with E-state index in [0.717, 1.165) is 27.9 Å². The molecule has 1 amide bonds. The van der Waals surface area contributed by atoms with E-state index in [1.165, 1.54) is 0 Å². The molecule has 1 atom stereocenters. The predicted molar refractivity (Wildman–Crippen MR) is 117 cm³/mol. The molecule has 2 aromatic carbocycles. The fourth-order valence-electron chi connectivity index (χ4n) is 3.67. The fourth-order valence-corrected chi connectivity index (χ4v) is 5.36. The molecule has 6 nitrogen and oxygen atoms in total. The predicted octanol–water partition coefficient (Wildman–Crippen LogP) is 3.46. The minimum atomic E-state index is -3.07. The van der Waals surface area contributed by atoms with Crippen LogP contribution in [0.15, 0.2) is 54.6 Å². The number of carbonyl (C=O) groups is 1. The Morgan fingerprint density at radius 2 is 1.70 bits per heavy atom. The third kappa shape index (κ3) is 4.46. The topological polar surface area (TPSA) is 81.1 Å². The second-order valence-electron chi connectivity index (χ2n) is 7.95. The Kier molecular flexibility index (Phi) is 5.47. The molecule has 0 unspecified atom stereocenters. The van der Waals surface area contributed by atoms with Gasteiger partial charge in [0, 0.05) is 6.54 Å². The van der Waals surface area contributed by atoms with Gasteiger partial charge < -0.3 is 5.32 Å². The molecule has 3 aromatic rings. The van der Waals surface area contributed by atoms with Crippen LogP contribution in [0.2, 0.25) is 0 Å². The van der Waals surface area contributed by atoms with Crippen molar-refractivity contribution >= 4 is 15.7 Å². The molecule has 0 radical (unpaired) electrons. The molecule has 30 heavy (non-hydrogen) atoms. The van der Waals surface area contributed by atoms with Crippen LogP contribution in [0.1, 0.15) is 39.6 Å². The molecule has 2 heterocycles. The highest BCUT2D eigenvalue weighted by Gasteiger charge is 2.32. The number of rotatable bonds is 5. The van der Waals surface area contributed by atoms with Crippen molar-refractivity contribution < 1.29 is 13.2 Å². The van der Waals surface area contributed by atoms with E-state index in [-0.39, 0.29) is 23.5 Å². The highest BCUT2D eigenvalue weighted by atomic mass is 32.2. The zero-order chi connectivity index (χ0) is 21.3. The van der Waals surface area contributed by atoms with Gasteiger partial charge in [0.1, 0.15) is 0 Å². The average Bonchev–Trinajstić information content (AvgIpc) is 3.31. The summed E-state index contributed by atoms with van der Waals surface area (Å²) in [4.78, 5) is 12.8. The highest BCUT2D eigenvalue weighted by Crippen LogP contribution is 2.30. The van der Waals surface area contributed by atoms with E-state index in [1.54, 1.807) is 10.7 Å². The first kappa shape index (κ1) is 20.3. The molecule has 1 N–H and O–H groups in total. The minimum absolute atomic E-state index is 0.0535. The van der Waals surface area contributed by atoms with Gasteiger partial charge in [0.05, 0.1) is 23.2 Å². The first-order chi connectivity index (χ1) is 14.3. The average molecular weight is 424 g/mol. The number of benzene rings is 2. The summed E-state index contributed by atoms with van der Waals surface area (Å²) in [6.07, 6.45) is 0.507. The van der Waals surface area contributed by atoms with Crippen molar-refractivity contribution in [3.05, 3.63) is 77.0 Å². The number of nitrogens with one attached hydrogen (secondary N) is 1. The summed E-state index contributed by atoms with van der Waals surface area (Å²) in [6.45, 7) is 4.43. The molecular formula is C23H25N3O3S. The summed E-state index contributed by atoms with van der Waals surface area (Å²) in [5.74, 6) is -0.0684. The third-order valence-electron chi connectivity index (χ3n) is 5.44. The third-order valence-corrected chi connectivity index (χ3v) is 7.19. The van der Waals surface area contributed by atoms with Gasteiger partial charge in [0.15, 0.2) is 15.5 Å². The van der Waals surface area contributed by atoms with E-state index < -0.39 is 9.84 Å². The maximum Gasteiger partial charge on any atom is 0.272 e. The number of sulfone groups is 1. The molecule has 7 heteroatoms. The van der Waals surface area contributed by atoms with Crippen LogP contribution in [-0.2, 0) is 16.4 Å². The smallest absolute Gasteiger partial charge is 0.272 e. The Labute approximate surface area is 176 Å². The Morgan fingerprint density at radius 1 is 1.07 bits per heavy atom. The van der Waals surface area contributed by atoms with Gasteiger partial charge in [-0.2, -0.15) is 5.10 Å². The monoisotopic (exact) mass is 423 g/mol. The molecule has 1 saturated heterocycles. The molecule has 0 bridgehead atoms. The quantitative estimate of drug-likeness (QED) is 0.681. The second-order valence-corrected chi connectivity index (χ2v) is 10.2. The highest BCUT2D eigenvalue weighted by molar-refractivity contribution is 7.91. The Balaban J connectivity index is 1.61. The number of hydrogen-bond acceptors (Lipinski definition) is 4. The molecule has 0 saturated carbocycles. The number of aromatic nitrogens is 2. The van der Waals surface area contributed by atoms with Crippen LogP contribution in [-0.4, -0.2) is 35.6 Å². The van der Waals surface area contributed by atoms with Crippen LogP contribution in [0.3, 0.4) is 0 Å². The van der Waals surface area contributed by atoms with Gasteiger partial charge in [0.2, 0.25) is 0 Å². The Hall–Kier alpha value is -2.93. The summed E-state index contributed by atoms with van der Waals surface area (Å²) < 4.78 is 25.7. The lowest BCUT2D eigenvalue weighted by atomic mass is 10.1. The van der Waals surface area contributed by atoms with Crippen LogP contribution in [0.4, 0.5) is 0 Å². The van der Waals surface area contributed by atoms with Crippen molar-refractivity contribution in [2.75, 3.05) is 11.5 Å². The zero-order valence-corrected chi connectivity index (χ0v) is 17.9. The summed E-state index contributed by atoms with van der Waals surface area (Å²) in [7, 11) is -3.07. The summed E-state index contributed by atoms with van der Waals surface area (Å²) in [5, 5.41) is 7.43. The number of amides is 1. The zero-order valence-electron chi connectivity index (χ0n) is 17.1. The lowest BCUT2D eigenvalue weighted by Gasteiger charge is -2.13. The van der Waals surface area contributed by atoms with Crippen LogP contribution >= 0.6 is 0 Å². The van der Waals surface area contributed by atoms with Gasteiger partial charge in [-0.15, -0.1) is 0 Å². The SMILES string of the molecule is Cc1ccc(CNC(=O)c2cc(-c3ccc(C)cc3)n([C@@H]3CCS(=O)(=O)C3)n2)cc1. The lowest BCUT2D eigenvalue weighted by Crippen LogP contribution is -2.24. The Bertz CT molecular complexity index is 1160. The second kappa shape index (κ2) is 8.07. The molecule has 1 aromatic heterocycles. The van der Waals surface area contributed by atoms with Crippen LogP contribution < -0.4 is 5.32 Å². The van der Waals surface area contributed by atoms with Gasteiger partial charge >= 0.3 is 0 Å². The van der Waals surface area contributed by atoms with Crippen molar-refractivity contribution in [3.8, 4) is 11.3 Å².